The number of hydrogen-bond donors (Lipinski definition) is 1. The molecule has 2 aliphatic rings. The summed E-state index contributed by atoms with van der Waals surface area (Å²) in [6.07, 6.45) is 1.62. The molecule has 2 heterocycles. The Morgan fingerprint density at radius 3 is 2.50 bits per heavy atom. The first-order valence-corrected chi connectivity index (χ1v) is 9.59. The molecular weight excluding hydrogens is 354 g/mol. The summed E-state index contributed by atoms with van der Waals surface area (Å²) >= 11 is 0. The Bertz CT molecular complexity index is 923. The summed E-state index contributed by atoms with van der Waals surface area (Å²) in [5.74, 6) is -0.502. The van der Waals surface area contributed by atoms with Crippen molar-refractivity contribution in [2.75, 3.05) is 28.2 Å². The molecule has 0 radical (unpaired) electrons. The Balaban J connectivity index is 1.43. The highest BCUT2D eigenvalue weighted by Gasteiger charge is 2.35. The minimum atomic E-state index is -0.397. The number of carbonyl (C=O) groups excluding carboxylic acids is 3. The van der Waals surface area contributed by atoms with Crippen molar-refractivity contribution in [2.45, 2.75) is 26.2 Å². The second kappa shape index (κ2) is 7.46. The molecule has 0 bridgehead atoms. The van der Waals surface area contributed by atoms with E-state index in [0.717, 1.165) is 23.4 Å². The Morgan fingerprint density at radius 2 is 1.79 bits per heavy atom. The fraction of sp³-hybridized carbons (Fsp3) is 0.318. The highest BCUT2D eigenvalue weighted by molar-refractivity contribution is 6.04. The van der Waals surface area contributed by atoms with Crippen molar-refractivity contribution in [3.63, 3.8) is 0 Å². The molecule has 2 saturated heterocycles. The largest absolute Gasteiger partial charge is 0.326 e. The molecule has 2 aromatic carbocycles. The van der Waals surface area contributed by atoms with E-state index in [9.17, 15) is 14.4 Å². The molecule has 2 fully saturated rings. The lowest BCUT2D eigenvalue weighted by Crippen LogP contribution is -2.28. The minimum absolute atomic E-state index is 0.0413. The fourth-order valence-corrected chi connectivity index (χ4v) is 3.77. The van der Waals surface area contributed by atoms with Crippen LogP contribution in [-0.4, -0.2) is 30.8 Å². The summed E-state index contributed by atoms with van der Waals surface area (Å²) in [7, 11) is 0. The molecule has 28 heavy (non-hydrogen) atoms. The van der Waals surface area contributed by atoms with Gasteiger partial charge in [-0.1, -0.05) is 23.8 Å². The lowest BCUT2D eigenvalue weighted by molar-refractivity contribution is -0.122. The van der Waals surface area contributed by atoms with Crippen LogP contribution in [-0.2, 0) is 14.4 Å². The van der Waals surface area contributed by atoms with E-state index in [1.807, 2.05) is 49.4 Å². The van der Waals surface area contributed by atoms with Crippen LogP contribution in [0.3, 0.4) is 0 Å². The number of nitrogens with zero attached hydrogens (tertiary/aromatic N) is 2. The smallest absolute Gasteiger partial charge is 0.229 e. The van der Waals surface area contributed by atoms with Crippen molar-refractivity contribution in [1.29, 1.82) is 0 Å². The monoisotopic (exact) mass is 377 g/mol. The molecule has 0 aromatic heterocycles. The van der Waals surface area contributed by atoms with Gasteiger partial charge in [0.1, 0.15) is 0 Å². The summed E-state index contributed by atoms with van der Waals surface area (Å²) in [4.78, 5) is 40.5. The van der Waals surface area contributed by atoms with E-state index in [0.29, 0.717) is 25.2 Å². The maximum Gasteiger partial charge on any atom is 0.229 e. The molecule has 1 atom stereocenters. The van der Waals surface area contributed by atoms with Gasteiger partial charge in [-0.25, -0.2) is 0 Å². The van der Waals surface area contributed by atoms with E-state index in [4.69, 9.17) is 0 Å². The van der Waals surface area contributed by atoms with Gasteiger partial charge >= 0.3 is 0 Å². The molecule has 3 amide bonds. The van der Waals surface area contributed by atoms with Gasteiger partial charge in [-0.15, -0.1) is 0 Å². The number of aryl methyl sites for hydroxylation is 1. The Morgan fingerprint density at radius 1 is 1.00 bits per heavy atom. The van der Waals surface area contributed by atoms with E-state index in [-0.39, 0.29) is 24.1 Å². The number of rotatable bonds is 4. The standard InChI is InChI=1S/C22H23N3O3/c1-15-7-9-18(10-8-15)25-14-16(12-21(25)27)22(28)23-17-4-2-5-19(13-17)24-11-3-6-20(24)26/h2,4-5,7-10,13,16H,3,6,11-12,14H2,1H3,(H,23,28)/t16-/m1/s1. The molecule has 6 heteroatoms. The van der Waals surface area contributed by atoms with Crippen molar-refractivity contribution >= 4 is 34.8 Å². The van der Waals surface area contributed by atoms with Gasteiger partial charge in [0, 0.05) is 43.0 Å². The zero-order valence-electron chi connectivity index (χ0n) is 15.9. The van der Waals surface area contributed by atoms with E-state index >= 15 is 0 Å². The summed E-state index contributed by atoms with van der Waals surface area (Å²) in [5.41, 5.74) is 3.38. The van der Waals surface area contributed by atoms with Gasteiger partial charge in [0.15, 0.2) is 0 Å². The van der Waals surface area contributed by atoms with Crippen LogP contribution in [0.2, 0.25) is 0 Å². The molecule has 0 spiro atoms. The molecule has 2 aromatic rings. The maximum absolute atomic E-state index is 12.7. The maximum atomic E-state index is 12.7. The van der Waals surface area contributed by atoms with Crippen molar-refractivity contribution in [1.82, 2.24) is 0 Å². The Labute approximate surface area is 164 Å². The first-order valence-electron chi connectivity index (χ1n) is 9.59. The van der Waals surface area contributed by atoms with Crippen LogP contribution >= 0.6 is 0 Å². The number of nitrogens with one attached hydrogen (secondary N) is 1. The van der Waals surface area contributed by atoms with Gasteiger partial charge in [-0.2, -0.15) is 0 Å². The summed E-state index contributed by atoms with van der Waals surface area (Å²) in [6, 6.07) is 15.1. The van der Waals surface area contributed by atoms with Crippen molar-refractivity contribution in [3.8, 4) is 0 Å². The lowest BCUT2D eigenvalue weighted by Gasteiger charge is -2.18. The molecular formula is C22H23N3O3. The van der Waals surface area contributed by atoms with E-state index in [1.54, 1.807) is 15.9 Å². The molecule has 144 valence electrons. The summed E-state index contributed by atoms with van der Waals surface area (Å²) in [6.45, 7) is 3.08. The second-order valence-corrected chi connectivity index (χ2v) is 7.43. The zero-order chi connectivity index (χ0) is 19.7. The normalized spacial score (nSPS) is 19.4. The van der Waals surface area contributed by atoms with E-state index < -0.39 is 5.92 Å². The molecule has 0 unspecified atom stereocenters. The van der Waals surface area contributed by atoms with Gasteiger partial charge in [0.05, 0.1) is 5.92 Å². The van der Waals surface area contributed by atoms with Crippen molar-refractivity contribution in [3.05, 3.63) is 54.1 Å². The average molecular weight is 377 g/mol. The minimum Gasteiger partial charge on any atom is -0.326 e. The first-order chi connectivity index (χ1) is 13.5. The second-order valence-electron chi connectivity index (χ2n) is 7.43. The molecule has 0 aliphatic carbocycles. The van der Waals surface area contributed by atoms with Crippen LogP contribution in [0, 0.1) is 12.8 Å². The van der Waals surface area contributed by atoms with E-state index in [2.05, 4.69) is 5.32 Å². The highest BCUT2D eigenvalue weighted by Crippen LogP contribution is 2.28. The predicted molar refractivity (Wildman–Crippen MR) is 108 cm³/mol. The number of hydrogen-bond acceptors (Lipinski definition) is 3. The fourth-order valence-electron chi connectivity index (χ4n) is 3.77. The molecule has 6 nitrogen and oxygen atoms in total. The van der Waals surface area contributed by atoms with Gasteiger partial charge in [-0.3, -0.25) is 14.4 Å². The van der Waals surface area contributed by atoms with Crippen LogP contribution in [0.5, 0.6) is 0 Å². The Hall–Kier alpha value is -3.15. The molecule has 4 rings (SSSR count). The van der Waals surface area contributed by atoms with Crippen LogP contribution in [0.1, 0.15) is 24.8 Å². The van der Waals surface area contributed by atoms with Gasteiger partial charge in [-0.05, 0) is 43.7 Å². The van der Waals surface area contributed by atoms with Crippen molar-refractivity contribution < 1.29 is 14.4 Å². The number of benzene rings is 2. The zero-order valence-corrected chi connectivity index (χ0v) is 15.9. The number of anilines is 3. The third kappa shape index (κ3) is 3.63. The molecule has 2 aliphatic heterocycles. The van der Waals surface area contributed by atoms with E-state index in [1.165, 1.54) is 0 Å². The molecule has 1 N–H and O–H groups in total. The quantitative estimate of drug-likeness (QED) is 0.890. The third-order valence-corrected chi connectivity index (χ3v) is 5.34. The Kier molecular flexibility index (Phi) is 4.86. The topological polar surface area (TPSA) is 69.7 Å². The van der Waals surface area contributed by atoms with Crippen LogP contribution < -0.4 is 15.1 Å². The van der Waals surface area contributed by atoms with Gasteiger partial charge in [0.25, 0.3) is 0 Å². The van der Waals surface area contributed by atoms with Crippen LogP contribution in [0.4, 0.5) is 17.1 Å². The average Bonchev–Trinajstić information content (AvgIpc) is 3.28. The summed E-state index contributed by atoms with van der Waals surface area (Å²) in [5, 5.41) is 2.91. The predicted octanol–water partition coefficient (Wildman–Crippen LogP) is 3.11. The summed E-state index contributed by atoms with van der Waals surface area (Å²) < 4.78 is 0. The molecule has 0 saturated carbocycles. The SMILES string of the molecule is Cc1ccc(N2C[C@H](C(=O)Nc3cccc(N4CCCC4=O)c3)CC2=O)cc1. The third-order valence-electron chi connectivity index (χ3n) is 5.34. The van der Waals surface area contributed by atoms with Crippen LogP contribution in [0.25, 0.3) is 0 Å². The number of amides is 3. The lowest BCUT2D eigenvalue weighted by atomic mass is 10.1. The first kappa shape index (κ1) is 18.2. The number of carbonyl (C=O) groups is 3. The van der Waals surface area contributed by atoms with Crippen LogP contribution in [0.15, 0.2) is 48.5 Å². The van der Waals surface area contributed by atoms with Gasteiger partial charge in [0.2, 0.25) is 17.7 Å². The highest BCUT2D eigenvalue weighted by atomic mass is 16.2. The van der Waals surface area contributed by atoms with Gasteiger partial charge < -0.3 is 15.1 Å². The van der Waals surface area contributed by atoms with Crippen molar-refractivity contribution in [2.24, 2.45) is 5.92 Å².